The number of piperidine rings is 1. The third kappa shape index (κ3) is 3.87. The van der Waals surface area contributed by atoms with Crippen molar-refractivity contribution < 1.29 is 8.42 Å². The summed E-state index contributed by atoms with van der Waals surface area (Å²) in [5, 5.41) is 3.37. The van der Waals surface area contributed by atoms with Gasteiger partial charge in [0, 0.05) is 19.6 Å². The lowest BCUT2D eigenvalue weighted by Gasteiger charge is -2.28. The molecule has 0 aliphatic carbocycles. The molecule has 122 valence electrons. The first-order valence-corrected chi connectivity index (χ1v) is 9.61. The molecule has 0 amide bonds. The fourth-order valence-corrected chi connectivity index (χ4v) is 4.53. The molecule has 6 heteroatoms. The fraction of sp³-hybridized carbons (Fsp3) is 0.625. The molecular weight excluding hydrogens is 298 g/mol. The third-order valence-electron chi connectivity index (χ3n) is 4.67. The van der Waals surface area contributed by atoms with Crippen LogP contribution in [0.25, 0.3) is 0 Å². The van der Waals surface area contributed by atoms with E-state index in [1.807, 2.05) is 18.2 Å². The van der Waals surface area contributed by atoms with Crippen LogP contribution in [0.15, 0.2) is 24.3 Å². The maximum atomic E-state index is 12.4. The molecule has 0 spiro atoms. The van der Waals surface area contributed by atoms with Gasteiger partial charge in [-0.2, -0.15) is 12.7 Å². The summed E-state index contributed by atoms with van der Waals surface area (Å²) in [6.07, 6.45) is 4.10. The fourth-order valence-electron chi connectivity index (χ4n) is 3.33. The van der Waals surface area contributed by atoms with Crippen molar-refractivity contribution in [3.63, 3.8) is 0 Å². The van der Waals surface area contributed by atoms with Crippen molar-refractivity contribution in [2.75, 3.05) is 26.2 Å². The van der Waals surface area contributed by atoms with Crippen molar-refractivity contribution >= 4 is 10.2 Å². The quantitative estimate of drug-likeness (QED) is 0.858. The number of hydrogen-bond donors (Lipinski definition) is 2. The summed E-state index contributed by atoms with van der Waals surface area (Å²) < 4.78 is 29.2. The number of fused-ring (bicyclic) bond motifs is 1. The van der Waals surface area contributed by atoms with Gasteiger partial charge in [0.25, 0.3) is 10.2 Å². The number of rotatable bonds is 5. The van der Waals surface area contributed by atoms with Crippen molar-refractivity contribution in [3.8, 4) is 0 Å². The Morgan fingerprint density at radius 3 is 2.86 bits per heavy atom. The lowest BCUT2D eigenvalue weighted by molar-refractivity contribution is 0.351. The second-order valence-electron chi connectivity index (χ2n) is 6.25. The maximum absolute atomic E-state index is 12.4. The van der Waals surface area contributed by atoms with Crippen LogP contribution in [-0.2, 0) is 23.2 Å². The molecule has 1 unspecified atom stereocenters. The molecule has 2 aliphatic rings. The molecule has 0 aromatic heterocycles. The van der Waals surface area contributed by atoms with Crippen molar-refractivity contribution in [3.05, 3.63) is 35.4 Å². The SMILES string of the molecule is O=S(=O)(NCCC1CCCNC1)N1CCc2ccccc2C1. The van der Waals surface area contributed by atoms with Gasteiger partial charge >= 0.3 is 0 Å². The highest BCUT2D eigenvalue weighted by Crippen LogP contribution is 2.20. The molecule has 1 atom stereocenters. The molecule has 3 rings (SSSR count). The standard InChI is InChI=1S/C16H25N3O2S/c20-22(21,18-10-7-14-4-3-9-17-12-14)19-11-8-15-5-1-2-6-16(15)13-19/h1-2,5-6,14,17-18H,3-4,7-13H2. The van der Waals surface area contributed by atoms with Crippen LogP contribution in [0.4, 0.5) is 0 Å². The summed E-state index contributed by atoms with van der Waals surface area (Å²) in [4.78, 5) is 0. The van der Waals surface area contributed by atoms with Crippen LogP contribution in [0.3, 0.4) is 0 Å². The second kappa shape index (κ2) is 7.08. The van der Waals surface area contributed by atoms with Crippen LogP contribution in [0.2, 0.25) is 0 Å². The summed E-state index contributed by atoms with van der Waals surface area (Å²) >= 11 is 0. The van der Waals surface area contributed by atoms with E-state index in [9.17, 15) is 8.42 Å². The number of benzene rings is 1. The van der Waals surface area contributed by atoms with Crippen LogP contribution in [0.1, 0.15) is 30.4 Å². The zero-order valence-corrected chi connectivity index (χ0v) is 13.7. The van der Waals surface area contributed by atoms with E-state index < -0.39 is 10.2 Å². The van der Waals surface area contributed by atoms with Crippen molar-refractivity contribution in [2.45, 2.75) is 32.2 Å². The monoisotopic (exact) mass is 323 g/mol. The van der Waals surface area contributed by atoms with Gasteiger partial charge in [-0.05, 0) is 55.8 Å². The average molecular weight is 323 g/mol. The Balaban J connectivity index is 1.52. The van der Waals surface area contributed by atoms with Gasteiger partial charge in [-0.3, -0.25) is 0 Å². The zero-order valence-electron chi connectivity index (χ0n) is 12.9. The predicted molar refractivity (Wildman–Crippen MR) is 87.7 cm³/mol. The zero-order chi connectivity index (χ0) is 15.4. The van der Waals surface area contributed by atoms with E-state index in [1.54, 1.807) is 4.31 Å². The largest absolute Gasteiger partial charge is 0.316 e. The molecule has 1 fully saturated rings. The topological polar surface area (TPSA) is 61.4 Å². The Hall–Kier alpha value is -0.950. The van der Waals surface area contributed by atoms with Gasteiger partial charge in [0.2, 0.25) is 0 Å². The molecule has 0 saturated carbocycles. The molecule has 1 aromatic carbocycles. The number of nitrogens with zero attached hydrogens (tertiary/aromatic N) is 1. The number of hydrogen-bond acceptors (Lipinski definition) is 3. The minimum Gasteiger partial charge on any atom is -0.316 e. The molecule has 1 saturated heterocycles. The van der Waals surface area contributed by atoms with Crippen LogP contribution in [-0.4, -0.2) is 38.9 Å². The summed E-state index contributed by atoms with van der Waals surface area (Å²) in [7, 11) is -3.36. The summed E-state index contributed by atoms with van der Waals surface area (Å²) in [5.41, 5.74) is 2.39. The molecule has 2 N–H and O–H groups in total. The number of nitrogens with one attached hydrogen (secondary N) is 2. The predicted octanol–water partition coefficient (Wildman–Crippen LogP) is 1.27. The van der Waals surface area contributed by atoms with Gasteiger partial charge in [0.1, 0.15) is 0 Å². The first-order chi connectivity index (χ1) is 10.6. The second-order valence-corrected chi connectivity index (χ2v) is 8.01. The molecular formula is C16H25N3O2S. The van der Waals surface area contributed by atoms with Crippen LogP contribution in [0, 0.1) is 5.92 Å². The average Bonchev–Trinajstić information content (AvgIpc) is 2.55. The highest BCUT2D eigenvalue weighted by molar-refractivity contribution is 7.87. The highest BCUT2D eigenvalue weighted by Gasteiger charge is 2.26. The first kappa shape index (κ1) is 15.9. The Morgan fingerprint density at radius 1 is 1.27 bits per heavy atom. The lowest BCUT2D eigenvalue weighted by atomic mass is 9.96. The first-order valence-electron chi connectivity index (χ1n) is 8.17. The van der Waals surface area contributed by atoms with Gasteiger partial charge in [0.15, 0.2) is 0 Å². The Morgan fingerprint density at radius 2 is 2.09 bits per heavy atom. The highest BCUT2D eigenvalue weighted by atomic mass is 32.2. The minimum atomic E-state index is -3.36. The van der Waals surface area contributed by atoms with Crippen molar-refractivity contribution in [2.24, 2.45) is 5.92 Å². The molecule has 0 bridgehead atoms. The van der Waals surface area contributed by atoms with Crippen LogP contribution < -0.4 is 10.0 Å². The maximum Gasteiger partial charge on any atom is 0.279 e. The van der Waals surface area contributed by atoms with Gasteiger partial charge in [-0.15, -0.1) is 0 Å². The third-order valence-corrected chi connectivity index (χ3v) is 6.23. The smallest absolute Gasteiger partial charge is 0.279 e. The Bertz CT molecular complexity index is 597. The molecule has 2 heterocycles. The van der Waals surface area contributed by atoms with Crippen molar-refractivity contribution in [1.29, 1.82) is 0 Å². The summed E-state index contributed by atoms with van der Waals surface area (Å²) in [6, 6.07) is 8.09. The molecule has 22 heavy (non-hydrogen) atoms. The van der Waals surface area contributed by atoms with Crippen LogP contribution >= 0.6 is 0 Å². The van der Waals surface area contributed by atoms with E-state index in [0.29, 0.717) is 25.6 Å². The van der Waals surface area contributed by atoms with E-state index in [-0.39, 0.29) is 0 Å². The summed E-state index contributed by atoms with van der Waals surface area (Å²) in [5.74, 6) is 0.596. The van der Waals surface area contributed by atoms with E-state index >= 15 is 0 Å². The van der Waals surface area contributed by atoms with E-state index in [1.165, 1.54) is 18.4 Å². The van der Waals surface area contributed by atoms with Gasteiger partial charge in [0.05, 0.1) is 0 Å². The molecule has 1 aromatic rings. The molecule has 5 nitrogen and oxygen atoms in total. The van der Waals surface area contributed by atoms with E-state index in [4.69, 9.17) is 0 Å². The Kier molecular flexibility index (Phi) is 5.13. The summed E-state index contributed by atoms with van der Waals surface area (Å²) in [6.45, 7) is 3.69. The molecule has 2 aliphatic heterocycles. The van der Waals surface area contributed by atoms with E-state index in [0.717, 1.165) is 31.5 Å². The van der Waals surface area contributed by atoms with Crippen LogP contribution in [0.5, 0.6) is 0 Å². The lowest BCUT2D eigenvalue weighted by Crippen LogP contribution is -2.44. The van der Waals surface area contributed by atoms with Crippen molar-refractivity contribution in [1.82, 2.24) is 14.3 Å². The normalized spacial score (nSPS) is 23.2. The van der Waals surface area contributed by atoms with Gasteiger partial charge in [-0.25, -0.2) is 4.72 Å². The minimum absolute atomic E-state index is 0.483. The Labute approximate surface area is 133 Å². The van der Waals surface area contributed by atoms with Gasteiger partial charge in [-0.1, -0.05) is 24.3 Å². The van der Waals surface area contributed by atoms with E-state index in [2.05, 4.69) is 16.1 Å². The van der Waals surface area contributed by atoms with Gasteiger partial charge < -0.3 is 5.32 Å². The molecule has 0 radical (unpaired) electrons.